The van der Waals surface area contributed by atoms with Crippen molar-refractivity contribution in [3.63, 3.8) is 0 Å². The summed E-state index contributed by atoms with van der Waals surface area (Å²) in [5, 5.41) is 3.32. The van der Waals surface area contributed by atoms with Gasteiger partial charge in [-0.05, 0) is 24.8 Å². The summed E-state index contributed by atoms with van der Waals surface area (Å²) in [6.07, 6.45) is 1.81. The number of rotatable bonds is 3. The van der Waals surface area contributed by atoms with Gasteiger partial charge in [0.25, 0.3) is 0 Å². The van der Waals surface area contributed by atoms with Gasteiger partial charge >= 0.3 is 0 Å². The van der Waals surface area contributed by atoms with Gasteiger partial charge in [0.2, 0.25) is 0 Å². The smallest absolute Gasteiger partial charge is 0.163 e. The number of halogens is 2. The first-order chi connectivity index (χ1) is 10.3. The number of ether oxygens (including phenoxy) is 1. The third-order valence-electron chi connectivity index (χ3n) is 4.56. The fourth-order valence-corrected chi connectivity index (χ4v) is 3.49. The minimum absolute atomic E-state index is 0.0494. The number of hydrogen-bond acceptors (Lipinski definition) is 3. The van der Waals surface area contributed by atoms with Crippen molar-refractivity contribution in [3.05, 3.63) is 35.4 Å². The zero-order valence-corrected chi connectivity index (χ0v) is 12.2. The number of benzene rings is 1. The molecule has 0 aromatic heterocycles. The maximum Gasteiger partial charge on any atom is 0.163 e. The molecule has 5 heteroatoms. The average Bonchev–Trinajstić information content (AvgIpc) is 2.54. The fourth-order valence-electron chi connectivity index (χ4n) is 3.49. The Morgan fingerprint density at radius 2 is 1.86 bits per heavy atom. The summed E-state index contributed by atoms with van der Waals surface area (Å²) in [7, 11) is 0. The molecule has 2 aliphatic rings. The molecule has 2 fully saturated rings. The van der Waals surface area contributed by atoms with Crippen LogP contribution in [0.15, 0.2) is 18.2 Å². The van der Waals surface area contributed by atoms with Crippen LogP contribution in [0.25, 0.3) is 0 Å². The first-order valence-corrected chi connectivity index (χ1v) is 7.74. The van der Waals surface area contributed by atoms with Gasteiger partial charge in [0.15, 0.2) is 11.6 Å². The van der Waals surface area contributed by atoms with Crippen molar-refractivity contribution in [2.24, 2.45) is 5.92 Å². The van der Waals surface area contributed by atoms with Crippen molar-refractivity contribution >= 4 is 0 Å². The Morgan fingerprint density at radius 3 is 2.57 bits per heavy atom. The van der Waals surface area contributed by atoms with Gasteiger partial charge in [-0.2, -0.15) is 0 Å². The van der Waals surface area contributed by atoms with Gasteiger partial charge in [0, 0.05) is 51.0 Å². The molecule has 3 nitrogen and oxygen atoms in total. The van der Waals surface area contributed by atoms with E-state index in [1.807, 2.05) is 0 Å². The normalized spacial score (nSPS) is 23.1. The Bertz CT molecular complexity index is 453. The Morgan fingerprint density at radius 1 is 1.14 bits per heavy atom. The van der Waals surface area contributed by atoms with E-state index in [0.29, 0.717) is 24.7 Å². The second-order valence-electron chi connectivity index (χ2n) is 5.82. The van der Waals surface area contributed by atoms with Crippen molar-refractivity contribution in [1.82, 2.24) is 10.2 Å². The Kier molecular flexibility index (Phi) is 4.83. The van der Waals surface area contributed by atoms with Crippen molar-refractivity contribution in [1.29, 1.82) is 0 Å². The highest BCUT2D eigenvalue weighted by molar-refractivity contribution is 5.24. The number of nitrogens with zero attached hydrogens (tertiary/aromatic N) is 1. The van der Waals surface area contributed by atoms with E-state index >= 15 is 0 Å². The molecule has 21 heavy (non-hydrogen) atoms. The zero-order valence-electron chi connectivity index (χ0n) is 12.2. The molecular weight excluding hydrogens is 274 g/mol. The molecule has 3 rings (SSSR count). The predicted octanol–water partition coefficient (Wildman–Crippen LogP) is 2.34. The van der Waals surface area contributed by atoms with Crippen LogP contribution in [0.3, 0.4) is 0 Å². The second-order valence-corrected chi connectivity index (χ2v) is 5.82. The van der Waals surface area contributed by atoms with Crippen LogP contribution >= 0.6 is 0 Å². The van der Waals surface area contributed by atoms with Gasteiger partial charge in [0.1, 0.15) is 0 Å². The van der Waals surface area contributed by atoms with Gasteiger partial charge in [-0.25, -0.2) is 8.78 Å². The van der Waals surface area contributed by atoms with E-state index in [9.17, 15) is 8.78 Å². The van der Waals surface area contributed by atoms with Crippen LogP contribution in [-0.4, -0.2) is 44.3 Å². The molecule has 2 heterocycles. The van der Waals surface area contributed by atoms with Gasteiger partial charge in [0.05, 0.1) is 0 Å². The highest BCUT2D eigenvalue weighted by Gasteiger charge is 2.33. The van der Waals surface area contributed by atoms with Gasteiger partial charge < -0.3 is 10.1 Å². The molecule has 2 aliphatic heterocycles. The standard InChI is InChI=1S/C16H22F2N2O/c17-14-3-1-2-13(15(14)18)16(12-4-10-21-11-5-12)20-8-6-19-7-9-20/h1-3,12,16,19H,4-11H2/t16-/m0/s1. The lowest BCUT2D eigenvalue weighted by Gasteiger charge is -2.41. The number of nitrogens with one attached hydrogen (secondary N) is 1. The van der Waals surface area contributed by atoms with Crippen molar-refractivity contribution in [2.75, 3.05) is 39.4 Å². The first kappa shape index (κ1) is 14.9. The highest BCUT2D eigenvalue weighted by Crippen LogP contribution is 2.36. The van der Waals surface area contributed by atoms with E-state index in [2.05, 4.69) is 10.2 Å². The molecule has 0 aliphatic carbocycles. The molecular formula is C16H22F2N2O. The van der Waals surface area contributed by atoms with Crippen LogP contribution in [0.4, 0.5) is 8.78 Å². The minimum atomic E-state index is -0.750. The van der Waals surface area contributed by atoms with Crippen molar-refractivity contribution in [3.8, 4) is 0 Å². The van der Waals surface area contributed by atoms with E-state index in [-0.39, 0.29) is 6.04 Å². The monoisotopic (exact) mass is 296 g/mol. The molecule has 1 N–H and O–H groups in total. The summed E-state index contributed by atoms with van der Waals surface area (Å²) >= 11 is 0. The van der Waals surface area contributed by atoms with E-state index in [0.717, 1.165) is 39.0 Å². The van der Waals surface area contributed by atoms with Crippen LogP contribution in [0.1, 0.15) is 24.4 Å². The first-order valence-electron chi connectivity index (χ1n) is 7.74. The SMILES string of the molecule is Fc1cccc([C@H](C2CCOCC2)N2CCNCC2)c1F. The molecule has 1 aromatic rings. The Labute approximate surface area is 124 Å². The summed E-state index contributed by atoms with van der Waals surface area (Å²) in [6, 6.07) is 4.49. The molecule has 116 valence electrons. The quantitative estimate of drug-likeness (QED) is 0.926. The van der Waals surface area contributed by atoms with E-state index in [1.165, 1.54) is 6.07 Å². The molecule has 1 atom stereocenters. The number of piperazine rings is 1. The maximum absolute atomic E-state index is 14.3. The van der Waals surface area contributed by atoms with Crippen LogP contribution in [0.2, 0.25) is 0 Å². The van der Waals surface area contributed by atoms with Crippen LogP contribution in [0, 0.1) is 17.6 Å². The summed E-state index contributed by atoms with van der Waals surface area (Å²) in [4.78, 5) is 2.30. The molecule has 0 bridgehead atoms. The highest BCUT2D eigenvalue weighted by atomic mass is 19.2. The summed E-state index contributed by atoms with van der Waals surface area (Å²) in [5.74, 6) is -1.11. The van der Waals surface area contributed by atoms with Gasteiger partial charge in [-0.1, -0.05) is 12.1 Å². The van der Waals surface area contributed by atoms with Crippen molar-refractivity contribution < 1.29 is 13.5 Å². The molecule has 2 saturated heterocycles. The zero-order chi connectivity index (χ0) is 14.7. The molecule has 0 amide bonds. The molecule has 0 unspecified atom stereocenters. The maximum atomic E-state index is 14.3. The Hall–Kier alpha value is -1.04. The topological polar surface area (TPSA) is 24.5 Å². The molecule has 1 aromatic carbocycles. The van der Waals surface area contributed by atoms with E-state index < -0.39 is 11.6 Å². The second kappa shape index (κ2) is 6.81. The predicted molar refractivity (Wildman–Crippen MR) is 77.1 cm³/mol. The molecule has 0 radical (unpaired) electrons. The average molecular weight is 296 g/mol. The fraction of sp³-hybridized carbons (Fsp3) is 0.625. The lowest BCUT2D eigenvalue weighted by molar-refractivity contribution is 0.0201. The van der Waals surface area contributed by atoms with Crippen LogP contribution < -0.4 is 5.32 Å². The third-order valence-corrected chi connectivity index (χ3v) is 4.56. The summed E-state index contributed by atoms with van der Waals surface area (Å²) < 4.78 is 33.4. The van der Waals surface area contributed by atoms with Crippen LogP contribution in [0.5, 0.6) is 0 Å². The van der Waals surface area contributed by atoms with Gasteiger partial charge in [-0.3, -0.25) is 4.90 Å². The van der Waals surface area contributed by atoms with E-state index in [4.69, 9.17) is 4.74 Å². The lowest BCUT2D eigenvalue weighted by Crippen LogP contribution is -2.47. The van der Waals surface area contributed by atoms with Gasteiger partial charge in [-0.15, -0.1) is 0 Å². The van der Waals surface area contributed by atoms with E-state index in [1.54, 1.807) is 12.1 Å². The Balaban J connectivity index is 1.91. The number of hydrogen-bond donors (Lipinski definition) is 1. The molecule has 0 saturated carbocycles. The summed E-state index contributed by atoms with van der Waals surface area (Å²) in [6.45, 7) is 4.97. The largest absolute Gasteiger partial charge is 0.381 e. The lowest BCUT2D eigenvalue weighted by atomic mass is 9.85. The third kappa shape index (κ3) is 3.25. The summed E-state index contributed by atoms with van der Waals surface area (Å²) in [5.41, 5.74) is 0.504. The van der Waals surface area contributed by atoms with Crippen LogP contribution in [-0.2, 0) is 4.74 Å². The molecule has 0 spiro atoms. The van der Waals surface area contributed by atoms with Crippen molar-refractivity contribution in [2.45, 2.75) is 18.9 Å². The minimum Gasteiger partial charge on any atom is -0.381 e.